The van der Waals surface area contributed by atoms with Gasteiger partial charge >= 0.3 is 0 Å². The summed E-state index contributed by atoms with van der Waals surface area (Å²) in [4.78, 5) is 25.4. The van der Waals surface area contributed by atoms with Crippen LogP contribution in [0.4, 0.5) is 0 Å². The molecule has 1 heterocycles. The highest BCUT2D eigenvalue weighted by Gasteiger charge is 2.11. The summed E-state index contributed by atoms with van der Waals surface area (Å²) in [5, 5.41) is 2.91. The van der Waals surface area contributed by atoms with Crippen molar-refractivity contribution in [2.45, 2.75) is 25.9 Å². The molecular formula is C21H25N3O3. The molecule has 3 N–H and O–H groups in total. The van der Waals surface area contributed by atoms with Gasteiger partial charge in [0.25, 0.3) is 11.8 Å². The molecule has 2 amide bonds. The number of hydrogen-bond donors (Lipinski definition) is 2. The minimum absolute atomic E-state index is 0.155. The standard InChI is InChI=1S/C21H25N3O3/c22-20(25)15-27-19-9-7-18(8-10-19)21(26)23-13-16-3-5-17(6-4-16)14-24-11-1-2-12-24/h3-10H,1-2,11-15H2,(H2,22,25)(H,23,26). The normalized spacial score (nSPS) is 14.1. The first kappa shape index (κ1) is 18.9. The fourth-order valence-corrected chi connectivity index (χ4v) is 3.10. The Morgan fingerprint density at radius 3 is 2.22 bits per heavy atom. The van der Waals surface area contributed by atoms with Gasteiger partial charge in [0.05, 0.1) is 0 Å². The predicted molar refractivity (Wildman–Crippen MR) is 103 cm³/mol. The van der Waals surface area contributed by atoms with E-state index in [2.05, 4.69) is 34.5 Å². The number of benzene rings is 2. The van der Waals surface area contributed by atoms with Crippen LogP contribution in [0.2, 0.25) is 0 Å². The van der Waals surface area contributed by atoms with Crippen LogP contribution in [0.25, 0.3) is 0 Å². The Kier molecular flexibility index (Phi) is 6.44. The minimum Gasteiger partial charge on any atom is -0.484 e. The van der Waals surface area contributed by atoms with Gasteiger partial charge in [0, 0.05) is 18.7 Å². The van der Waals surface area contributed by atoms with E-state index in [-0.39, 0.29) is 12.5 Å². The van der Waals surface area contributed by atoms with Crippen molar-refractivity contribution in [2.24, 2.45) is 5.73 Å². The lowest BCUT2D eigenvalue weighted by Gasteiger charge is -2.14. The second kappa shape index (κ2) is 9.19. The highest BCUT2D eigenvalue weighted by atomic mass is 16.5. The molecule has 1 saturated heterocycles. The van der Waals surface area contributed by atoms with E-state index in [4.69, 9.17) is 10.5 Å². The minimum atomic E-state index is -0.539. The predicted octanol–water partition coefficient (Wildman–Crippen LogP) is 2.08. The van der Waals surface area contributed by atoms with Crippen molar-refractivity contribution in [3.63, 3.8) is 0 Å². The van der Waals surface area contributed by atoms with Crippen LogP contribution in [0.15, 0.2) is 48.5 Å². The van der Waals surface area contributed by atoms with Crippen LogP contribution in [0.5, 0.6) is 5.75 Å². The molecule has 142 valence electrons. The van der Waals surface area contributed by atoms with Gasteiger partial charge in [-0.2, -0.15) is 0 Å². The van der Waals surface area contributed by atoms with Crippen molar-refractivity contribution >= 4 is 11.8 Å². The number of nitrogens with one attached hydrogen (secondary N) is 1. The summed E-state index contributed by atoms with van der Waals surface area (Å²) < 4.78 is 5.18. The van der Waals surface area contributed by atoms with Gasteiger partial charge < -0.3 is 15.8 Å². The summed E-state index contributed by atoms with van der Waals surface area (Å²) >= 11 is 0. The molecule has 1 aliphatic rings. The number of likely N-dealkylation sites (tertiary alicyclic amines) is 1. The van der Waals surface area contributed by atoms with E-state index in [0.717, 1.165) is 12.1 Å². The third-order valence-corrected chi connectivity index (χ3v) is 4.58. The van der Waals surface area contributed by atoms with Crippen molar-refractivity contribution in [3.05, 3.63) is 65.2 Å². The van der Waals surface area contributed by atoms with E-state index in [1.807, 2.05) is 0 Å². The van der Waals surface area contributed by atoms with E-state index >= 15 is 0 Å². The number of nitrogens with two attached hydrogens (primary N) is 1. The molecule has 2 aromatic carbocycles. The summed E-state index contributed by atoms with van der Waals surface area (Å²) in [6, 6.07) is 15.0. The largest absolute Gasteiger partial charge is 0.484 e. The van der Waals surface area contributed by atoms with Gasteiger partial charge in [0.1, 0.15) is 5.75 Å². The maximum Gasteiger partial charge on any atom is 0.255 e. The van der Waals surface area contributed by atoms with E-state index < -0.39 is 5.91 Å². The lowest BCUT2D eigenvalue weighted by molar-refractivity contribution is -0.119. The molecule has 0 aliphatic carbocycles. The molecule has 0 atom stereocenters. The molecule has 1 fully saturated rings. The highest BCUT2D eigenvalue weighted by molar-refractivity contribution is 5.94. The van der Waals surface area contributed by atoms with Crippen molar-refractivity contribution in [1.29, 1.82) is 0 Å². The molecule has 27 heavy (non-hydrogen) atoms. The first-order valence-electron chi connectivity index (χ1n) is 9.20. The van der Waals surface area contributed by atoms with Gasteiger partial charge in [-0.3, -0.25) is 14.5 Å². The molecule has 1 aliphatic heterocycles. The molecular weight excluding hydrogens is 342 g/mol. The second-order valence-electron chi connectivity index (χ2n) is 6.76. The first-order valence-corrected chi connectivity index (χ1v) is 9.20. The van der Waals surface area contributed by atoms with Crippen LogP contribution in [0.3, 0.4) is 0 Å². The smallest absolute Gasteiger partial charge is 0.255 e. The molecule has 3 rings (SSSR count). The number of nitrogens with zero attached hydrogens (tertiary/aromatic N) is 1. The number of amides is 2. The fourth-order valence-electron chi connectivity index (χ4n) is 3.10. The monoisotopic (exact) mass is 367 g/mol. The Hall–Kier alpha value is -2.86. The van der Waals surface area contributed by atoms with Crippen molar-refractivity contribution < 1.29 is 14.3 Å². The van der Waals surface area contributed by atoms with E-state index in [0.29, 0.717) is 17.9 Å². The highest BCUT2D eigenvalue weighted by Crippen LogP contribution is 2.14. The molecule has 0 unspecified atom stereocenters. The van der Waals surface area contributed by atoms with E-state index in [1.54, 1.807) is 24.3 Å². The zero-order valence-electron chi connectivity index (χ0n) is 15.3. The number of rotatable bonds is 8. The van der Waals surface area contributed by atoms with E-state index in [9.17, 15) is 9.59 Å². The molecule has 0 spiro atoms. The topological polar surface area (TPSA) is 84.7 Å². The number of carbonyl (C=O) groups excluding carboxylic acids is 2. The van der Waals surface area contributed by atoms with Crippen LogP contribution in [-0.2, 0) is 17.9 Å². The van der Waals surface area contributed by atoms with Crippen molar-refractivity contribution in [3.8, 4) is 5.75 Å². The van der Waals surface area contributed by atoms with E-state index in [1.165, 1.54) is 31.5 Å². The lowest BCUT2D eigenvalue weighted by atomic mass is 10.1. The summed E-state index contributed by atoms with van der Waals surface area (Å²) in [6.45, 7) is 3.66. The molecule has 6 nitrogen and oxygen atoms in total. The van der Waals surface area contributed by atoms with Crippen LogP contribution in [0, 0.1) is 0 Å². The van der Waals surface area contributed by atoms with Gasteiger partial charge in [0.15, 0.2) is 6.61 Å². The third-order valence-electron chi connectivity index (χ3n) is 4.58. The molecule has 0 radical (unpaired) electrons. The molecule has 6 heteroatoms. The Balaban J connectivity index is 1.47. The average Bonchev–Trinajstić information content (AvgIpc) is 3.19. The maximum atomic E-state index is 12.3. The molecule has 0 aromatic heterocycles. The van der Waals surface area contributed by atoms with Gasteiger partial charge in [-0.25, -0.2) is 0 Å². The average molecular weight is 367 g/mol. The number of ether oxygens (including phenoxy) is 1. The van der Waals surface area contributed by atoms with Gasteiger partial charge in [0.2, 0.25) is 0 Å². The summed E-state index contributed by atoms with van der Waals surface area (Å²) in [6.07, 6.45) is 2.59. The van der Waals surface area contributed by atoms with Crippen LogP contribution < -0.4 is 15.8 Å². The van der Waals surface area contributed by atoms with Gasteiger partial charge in [-0.15, -0.1) is 0 Å². The maximum absolute atomic E-state index is 12.3. The van der Waals surface area contributed by atoms with Gasteiger partial charge in [-0.05, 0) is 61.3 Å². The van der Waals surface area contributed by atoms with Crippen molar-refractivity contribution in [1.82, 2.24) is 10.2 Å². The number of hydrogen-bond acceptors (Lipinski definition) is 4. The molecule has 0 saturated carbocycles. The van der Waals surface area contributed by atoms with Gasteiger partial charge in [-0.1, -0.05) is 24.3 Å². The molecule has 0 bridgehead atoms. The number of carbonyl (C=O) groups is 2. The van der Waals surface area contributed by atoms with Crippen molar-refractivity contribution in [2.75, 3.05) is 19.7 Å². The Labute approximate surface area is 159 Å². The summed E-state index contributed by atoms with van der Waals surface area (Å²) in [5.74, 6) is -0.195. The zero-order valence-corrected chi connectivity index (χ0v) is 15.3. The molecule has 2 aromatic rings. The van der Waals surface area contributed by atoms with Crippen LogP contribution in [-0.4, -0.2) is 36.4 Å². The second-order valence-corrected chi connectivity index (χ2v) is 6.76. The summed E-state index contributed by atoms with van der Waals surface area (Å²) in [5.41, 5.74) is 7.94. The quantitative estimate of drug-likeness (QED) is 0.748. The Bertz CT molecular complexity index is 766. The zero-order chi connectivity index (χ0) is 19.1. The third kappa shape index (κ3) is 5.82. The van der Waals surface area contributed by atoms with Crippen LogP contribution >= 0.6 is 0 Å². The number of primary amides is 1. The lowest BCUT2D eigenvalue weighted by Crippen LogP contribution is -2.23. The first-order chi connectivity index (χ1) is 13.1. The SMILES string of the molecule is NC(=O)COc1ccc(C(=O)NCc2ccc(CN3CCCC3)cc2)cc1. The van der Waals surface area contributed by atoms with Crippen LogP contribution in [0.1, 0.15) is 34.3 Å². The summed E-state index contributed by atoms with van der Waals surface area (Å²) in [7, 11) is 0. The fraction of sp³-hybridized carbons (Fsp3) is 0.333. The Morgan fingerprint density at radius 1 is 0.963 bits per heavy atom. The Morgan fingerprint density at radius 2 is 1.59 bits per heavy atom.